The summed E-state index contributed by atoms with van der Waals surface area (Å²) in [7, 11) is 1.32. The number of carbonyl (C=O) groups excluding carboxylic acids is 2. The Bertz CT molecular complexity index is 1120. The van der Waals surface area contributed by atoms with Crippen LogP contribution >= 0.6 is 0 Å². The molecule has 0 aromatic heterocycles. The Morgan fingerprint density at radius 2 is 2.00 bits per heavy atom. The fraction of sp³-hybridized carbons (Fsp3) is 0.333. The molecule has 0 amide bonds. The first-order valence-corrected chi connectivity index (χ1v) is 11.8. The Balaban J connectivity index is 2.11. The number of benzene rings is 1. The third-order valence-corrected chi connectivity index (χ3v) is 5.52. The highest BCUT2D eigenvalue weighted by Crippen LogP contribution is 2.27. The van der Waals surface area contributed by atoms with Crippen molar-refractivity contribution in [3.05, 3.63) is 89.4 Å². The Morgan fingerprint density at radius 3 is 2.78 bits per heavy atom. The van der Waals surface area contributed by atoms with E-state index in [-0.39, 0.29) is 24.2 Å². The van der Waals surface area contributed by atoms with Crippen LogP contribution in [0.3, 0.4) is 0 Å². The summed E-state index contributed by atoms with van der Waals surface area (Å²) < 4.78 is 11.2. The van der Waals surface area contributed by atoms with Crippen molar-refractivity contribution in [2.45, 2.75) is 51.4 Å². The van der Waals surface area contributed by atoms with Crippen LogP contribution in [0.2, 0.25) is 0 Å². The van der Waals surface area contributed by atoms with E-state index < -0.39 is 30.3 Å². The Hall–Kier alpha value is -3.86. The number of nitrogens with zero attached hydrogens (tertiary/aromatic N) is 1. The van der Waals surface area contributed by atoms with Crippen molar-refractivity contribution < 1.29 is 38.7 Å². The molecule has 10 heteroatoms. The van der Waals surface area contributed by atoms with Crippen LogP contribution in [-0.4, -0.2) is 47.9 Å². The van der Waals surface area contributed by atoms with Crippen molar-refractivity contribution in [3.63, 3.8) is 0 Å². The van der Waals surface area contributed by atoms with E-state index in [4.69, 9.17) is 29.7 Å². The number of aliphatic hydroxyl groups is 1. The Kier molecular flexibility index (Phi) is 10.1. The second kappa shape index (κ2) is 13.4. The van der Waals surface area contributed by atoms with Crippen molar-refractivity contribution in [1.82, 2.24) is 5.39 Å². The zero-order chi connectivity index (χ0) is 26.8. The quantitative estimate of drug-likeness (QED) is 0.427. The molecule has 0 saturated carbocycles. The van der Waals surface area contributed by atoms with E-state index in [1.807, 2.05) is 0 Å². The van der Waals surface area contributed by atoms with Crippen molar-refractivity contribution in [3.8, 4) is 5.75 Å². The summed E-state index contributed by atoms with van der Waals surface area (Å²) in [5.74, 6) is -1.17. The van der Waals surface area contributed by atoms with Gasteiger partial charge in [0.2, 0.25) is 0 Å². The first-order chi connectivity index (χ1) is 17.8. The number of fused-ring (bicyclic) bond motifs is 2. The zero-order valence-corrected chi connectivity index (χ0v) is 21.0. The molecule has 0 fully saturated rings. The Morgan fingerprint density at radius 1 is 1.19 bits per heavy atom. The highest BCUT2D eigenvalue weighted by atomic mass is 17.2. The number of hydrogen-bond acceptors (Lipinski definition) is 10. The topological polar surface area (TPSA) is 130 Å². The minimum absolute atomic E-state index is 0.101. The largest absolute Gasteiger partial charge is 0.458 e. The van der Waals surface area contributed by atoms with E-state index in [1.54, 1.807) is 68.5 Å². The summed E-state index contributed by atoms with van der Waals surface area (Å²) >= 11 is 0. The number of ether oxygens (including phenoxy) is 2. The monoisotopic (exact) mass is 512 g/mol. The molecule has 3 rings (SSSR count). The van der Waals surface area contributed by atoms with Crippen LogP contribution in [0.5, 0.6) is 5.75 Å². The van der Waals surface area contributed by atoms with Gasteiger partial charge in [0.05, 0.1) is 19.6 Å². The summed E-state index contributed by atoms with van der Waals surface area (Å²) in [5, 5.41) is 11.2. The Labute approximate surface area is 215 Å². The number of hydrogen-bond donors (Lipinski definition) is 2. The predicted octanol–water partition coefficient (Wildman–Crippen LogP) is 3.36. The van der Waals surface area contributed by atoms with Gasteiger partial charge in [-0.15, -0.1) is 0 Å². The molecule has 2 aliphatic heterocycles. The molecule has 1 aromatic rings. The maximum absolute atomic E-state index is 13.5. The lowest BCUT2D eigenvalue weighted by atomic mass is 10.0. The van der Waals surface area contributed by atoms with Gasteiger partial charge in [0.15, 0.2) is 11.1 Å². The highest BCUT2D eigenvalue weighted by Gasteiger charge is 2.26. The number of rotatable bonds is 1. The molecule has 3 N–H and O–H groups in total. The number of cyclic esters (lactones) is 1. The lowest BCUT2D eigenvalue weighted by Gasteiger charge is -2.21. The predicted molar refractivity (Wildman–Crippen MR) is 134 cm³/mol. The third-order valence-electron chi connectivity index (χ3n) is 5.52. The van der Waals surface area contributed by atoms with Crippen molar-refractivity contribution in [1.29, 1.82) is 0 Å². The van der Waals surface area contributed by atoms with E-state index >= 15 is 0 Å². The molecule has 2 heterocycles. The van der Waals surface area contributed by atoms with E-state index in [0.717, 1.165) is 0 Å². The van der Waals surface area contributed by atoms with Crippen LogP contribution in [-0.2, 0) is 30.4 Å². The minimum Gasteiger partial charge on any atom is -0.458 e. The fourth-order valence-corrected chi connectivity index (χ4v) is 3.55. The van der Waals surface area contributed by atoms with Crippen LogP contribution in [0.4, 0.5) is 0 Å². The van der Waals surface area contributed by atoms with E-state index in [9.17, 15) is 14.7 Å². The first kappa shape index (κ1) is 27.7. The van der Waals surface area contributed by atoms with Gasteiger partial charge in [0.1, 0.15) is 24.0 Å². The van der Waals surface area contributed by atoms with E-state index in [0.29, 0.717) is 28.6 Å². The van der Waals surface area contributed by atoms with Gasteiger partial charge in [-0.05, 0) is 61.8 Å². The van der Waals surface area contributed by atoms with Gasteiger partial charge in [-0.25, -0.2) is 9.63 Å². The molecule has 198 valence electrons. The summed E-state index contributed by atoms with van der Waals surface area (Å²) in [6.07, 6.45) is 10.7. The smallest absolute Gasteiger partial charge is 0.342 e. The lowest BCUT2D eigenvalue weighted by Crippen LogP contribution is -2.27. The molecular weight excluding hydrogens is 480 g/mol. The maximum atomic E-state index is 13.5. The highest BCUT2D eigenvalue weighted by molar-refractivity contribution is 5.94. The number of nitrogens with two attached hydrogens (primary N) is 1. The molecule has 0 spiro atoms. The number of allylic oxidation sites excluding steroid dienone is 4. The molecule has 37 heavy (non-hydrogen) atoms. The maximum Gasteiger partial charge on any atom is 0.342 e. The summed E-state index contributed by atoms with van der Waals surface area (Å²) in [6, 6.07) is 5.01. The second-order valence-corrected chi connectivity index (χ2v) is 8.43. The number of carbonyl (C=O) groups is 2. The molecule has 3 unspecified atom stereocenters. The molecule has 0 saturated heterocycles. The SMILES string of the molecule is CON1OC=CC=C(N)C=CCC2CC(=O)OC(C)C=CC(O)C(C)=CCc3cccc(c3C(=O)O2)O1. The first-order valence-electron chi connectivity index (χ1n) is 11.8. The van der Waals surface area contributed by atoms with Crippen LogP contribution in [0.15, 0.2) is 78.3 Å². The molecule has 2 bridgehead atoms. The van der Waals surface area contributed by atoms with Gasteiger partial charge in [-0.3, -0.25) is 4.79 Å². The van der Waals surface area contributed by atoms with Crippen LogP contribution in [0.25, 0.3) is 0 Å². The summed E-state index contributed by atoms with van der Waals surface area (Å²) in [4.78, 5) is 42.3. The number of aliphatic hydroxyl groups excluding tert-OH is 1. The van der Waals surface area contributed by atoms with Gasteiger partial charge < -0.3 is 30.0 Å². The lowest BCUT2D eigenvalue weighted by molar-refractivity contribution is -0.462. The van der Waals surface area contributed by atoms with Crippen molar-refractivity contribution >= 4 is 11.9 Å². The molecule has 3 atom stereocenters. The summed E-state index contributed by atoms with van der Waals surface area (Å²) in [5.41, 5.74) is 7.70. The van der Waals surface area contributed by atoms with Gasteiger partial charge in [-0.2, -0.15) is 0 Å². The second-order valence-electron chi connectivity index (χ2n) is 8.43. The van der Waals surface area contributed by atoms with Crippen molar-refractivity contribution in [2.24, 2.45) is 5.73 Å². The third kappa shape index (κ3) is 8.35. The molecular formula is C27H32N2O8. The van der Waals surface area contributed by atoms with E-state index in [1.165, 1.54) is 19.4 Å². The van der Waals surface area contributed by atoms with Gasteiger partial charge in [0.25, 0.3) is 0 Å². The van der Waals surface area contributed by atoms with Crippen LogP contribution < -0.4 is 10.6 Å². The normalized spacial score (nSPS) is 24.2. The van der Waals surface area contributed by atoms with Gasteiger partial charge in [0, 0.05) is 12.1 Å². The fourth-order valence-electron chi connectivity index (χ4n) is 3.55. The van der Waals surface area contributed by atoms with Crippen molar-refractivity contribution in [2.75, 3.05) is 7.11 Å². The van der Waals surface area contributed by atoms with Crippen LogP contribution in [0.1, 0.15) is 42.6 Å². The van der Waals surface area contributed by atoms with Gasteiger partial charge in [-0.1, -0.05) is 30.4 Å². The average Bonchev–Trinajstić information content (AvgIpc) is 2.86. The summed E-state index contributed by atoms with van der Waals surface area (Å²) in [6.45, 7) is 3.45. The zero-order valence-electron chi connectivity index (χ0n) is 21.0. The standard InChI is InChI=1S/C27H32N2O8/c1-18-12-14-20-7-4-11-24-26(20)27(32)36-22(17-25(31)35-19(2)13-15-23(18)30)10-5-8-21(28)9-6-16-34-29(33-3)37-24/h4-9,11-13,15-16,19,22-23,30H,10,14,17,28H2,1-3H3. The molecule has 2 aliphatic rings. The minimum atomic E-state index is -0.896. The molecule has 0 aliphatic carbocycles. The molecule has 10 nitrogen and oxygen atoms in total. The molecule has 1 aromatic carbocycles. The average molecular weight is 513 g/mol. The number of esters is 2. The molecule has 0 radical (unpaired) electrons. The van der Waals surface area contributed by atoms with Crippen LogP contribution in [0, 0.1) is 0 Å². The van der Waals surface area contributed by atoms with E-state index in [2.05, 4.69) is 0 Å². The van der Waals surface area contributed by atoms with Gasteiger partial charge >= 0.3 is 11.9 Å².